The number of carbonyl (C=O) groups excluding carboxylic acids is 1. The smallest absolute Gasteiger partial charge is 0.226 e. The Bertz CT molecular complexity index is 379. The summed E-state index contributed by atoms with van der Waals surface area (Å²) in [4.78, 5) is 17.7. The SMILES string of the molecule is CN(C)CCOCCNC(=O)Cc1ccc(N)cn1. The van der Waals surface area contributed by atoms with Crippen LogP contribution >= 0.6 is 0 Å². The molecule has 0 unspecified atom stereocenters. The molecule has 1 amide bonds. The van der Waals surface area contributed by atoms with Gasteiger partial charge < -0.3 is 20.7 Å². The van der Waals surface area contributed by atoms with Crippen molar-refractivity contribution in [3.05, 3.63) is 24.0 Å². The molecule has 0 aliphatic heterocycles. The summed E-state index contributed by atoms with van der Waals surface area (Å²) in [5.41, 5.74) is 6.83. The highest BCUT2D eigenvalue weighted by molar-refractivity contribution is 5.78. The highest BCUT2D eigenvalue weighted by atomic mass is 16.5. The van der Waals surface area contributed by atoms with Crippen molar-refractivity contribution in [3.63, 3.8) is 0 Å². The zero-order valence-corrected chi connectivity index (χ0v) is 11.6. The van der Waals surface area contributed by atoms with Crippen molar-refractivity contribution in [1.82, 2.24) is 15.2 Å². The molecule has 0 saturated heterocycles. The molecule has 0 spiro atoms. The molecule has 1 aromatic rings. The van der Waals surface area contributed by atoms with E-state index in [0.29, 0.717) is 31.1 Å². The number of ether oxygens (including phenoxy) is 1. The van der Waals surface area contributed by atoms with Crippen molar-refractivity contribution in [1.29, 1.82) is 0 Å². The van der Waals surface area contributed by atoms with E-state index in [-0.39, 0.29) is 12.3 Å². The fourth-order valence-electron chi connectivity index (χ4n) is 1.38. The third kappa shape index (κ3) is 7.38. The number of rotatable bonds is 8. The molecular formula is C13H22N4O2. The van der Waals surface area contributed by atoms with Gasteiger partial charge in [-0.15, -0.1) is 0 Å². The lowest BCUT2D eigenvalue weighted by atomic mass is 10.2. The second-order valence-corrected chi connectivity index (χ2v) is 4.53. The lowest BCUT2D eigenvalue weighted by Crippen LogP contribution is -2.29. The van der Waals surface area contributed by atoms with Gasteiger partial charge in [-0.1, -0.05) is 0 Å². The predicted molar refractivity (Wildman–Crippen MR) is 74.7 cm³/mol. The lowest BCUT2D eigenvalue weighted by molar-refractivity contribution is -0.120. The number of nitrogens with one attached hydrogen (secondary N) is 1. The minimum Gasteiger partial charge on any atom is -0.397 e. The number of nitrogens with two attached hydrogens (primary N) is 1. The molecule has 3 N–H and O–H groups in total. The van der Waals surface area contributed by atoms with Gasteiger partial charge in [0.2, 0.25) is 5.91 Å². The van der Waals surface area contributed by atoms with Crippen LogP contribution in [0.2, 0.25) is 0 Å². The van der Waals surface area contributed by atoms with Crippen LogP contribution in [0.1, 0.15) is 5.69 Å². The number of likely N-dealkylation sites (N-methyl/N-ethyl adjacent to an activating group) is 1. The lowest BCUT2D eigenvalue weighted by Gasteiger charge is -2.10. The molecule has 0 atom stereocenters. The molecule has 1 heterocycles. The summed E-state index contributed by atoms with van der Waals surface area (Å²) in [5, 5.41) is 2.79. The van der Waals surface area contributed by atoms with Crippen LogP contribution in [0.3, 0.4) is 0 Å². The summed E-state index contributed by atoms with van der Waals surface area (Å²) in [6.45, 7) is 2.58. The van der Waals surface area contributed by atoms with Crippen molar-refractivity contribution >= 4 is 11.6 Å². The Morgan fingerprint density at radius 3 is 2.84 bits per heavy atom. The average Bonchev–Trinajstić information content (AvgIpc) is 2.36. The van der Waals surface area contributed by atoms with Crippen LogP contribution in [0, 0.1) is 0 Å². The molecule has 0 bridgehead atoms. The van der Waals surface area contributed by atoms with Crippen molar-refractivity contribution in [2.45, 2.75) is 6.42 Å². The van der Waals surface area contributed by atoms with Gasteiger partial charge in [-0.3, -0.25) is 9.78 Å². The first-order valence-electron chi connectivity index (χ1n) is 6.27. The zero-order chi connectivity index (χ0) is 14.1. The van der Waals surface area contributed by atoms with E-state index in [1.165, 1.54) is 0 Å². The number of amides is 1. The first-order valence-corrected chi connectivity index (χ1v) is 6.27. The van der Waals surface area contributed by atoms with Crippen LogP contribution in [0.4, 0.5) is 5.69 Å². The van der Waals surface area contributed by atoms with Gasteiger partial charge in [-0.2, -0.15) is 0 Å². The highest BCUT2D eigenvalue weighted by Crippen LogP contribution is 2.01. The van der Waals surface area contributed by atoms with E-state index < -0.39 is 0 Å². The topological polar surface area (TPSA) is 80.5 Å². The van der Waals surface area contributed by atoms with E-state index >= 15 is 0 Å². The molecular weight excluding hydrogens is 244 g/mol. The van der Waals surface area contributed by atoms with Gasteiger partial charge in [-0.25, -0.2) is 0 Å². The van der Waals surface area contributed by atoms with E-state index in [1.54, 1.807) is 18.3 Å². The van der Waals surface area contributed by atoms with Gasteiger partial charge in [-0.05, 0) is 26.2 Å². The molecule has 0 aliphatic carbocycles. The van der Waals surface area contributed by atoms with Crippen LogP contribution in [-0.4, -0.2) is 56.2 Å². The van der Waals surface area contributed by atoms with E-state index in [0.717, 1.165) is 6.54 Å². The molecule has 0 radical (unpaired) electrons. The van der Waals surface area contributed by atoms with Crippen LogP contribution in [0.15, 0.2) is 18.3 Å². The van der Waals surface area contributed by atoms with Gasteiger partial charge in [0.1, 0.15) is 0 Å². The van der Waals surface area contributed by atoms with Gasteiger partial charge in [0.05, 0.1) is 31.5 Å². The molecule has 1 aromatic heterocycles. The number of pyridine rings is 1. The third-order valence-electron chi connectivity index (χ3n) is 2.44. The van der Waals surface area contributed by atoms with E-state index in [1.807, 2.05) is 19.0 Å². The average molecular weight is 266 g/mol. The van der Waals surface area contributed by atoms with E-state index in [9.17, 15) is 4.79 Å². The highest BCUT2D eigenvalue weighted by Gasteiger charge is 2.03. The van der Waals surface area contributed by atoms with Crippen LogP contribution in [0.5, 0.6) is 0 Å². The Labute approximate surface area is 113 Å². The van der Waals surface area contributed by atoms with Gasteiger partial charge in [0, 0.05) is 18.8 Å². The summed E-state index contributed by atoms with van der Waals surface area (Å²) in [6, 6.07) is 3.49. The maximum Gasteiger partial charge on any atom is 0.226 e. The standard InChI is InChI=1S/C13H22N4O2/c1-17(2)6-8-19-7-5-15-13(18)9-12-4-3-11(14)10-16-12/h3-4,10H,5-9,14H2,1-2H3,(H,15,18). The van der Waals surface area contributed by atoms with Crippen molar-refractivity contribution in [2.24, 2.45) is 0 Å². The monoisotopic (exact) mass is 266 g/mol. The van der Waals surface area contributed by atoms with Gasteiger partial charge >= 0.3 is 0 Å². The number of hydrogen-bond donors (Lipinski definition) is 2. The zero-order valence-electron chi connectivity index (χ0n) is 11.6. The second-order valence-electron chi connectivity index (χ2n) is 4.53. The predicted octanol–water partition coefficient (Wildman–Crippen LogP) is -0.0993. The Balaban J connectivity index is 2.09. The van der Waals surface area contributed by atoms with Crippen LogP contribution in [0.25, 0.3) is 0 Å². The third-order valence-corrected chi connectivity index (χ3v) is 2.44. The quantitative estimate of drug-likeness (QED) is 0.642. The number of anilines is 1. The maximum absolute atomic E-state index is 11.6. The fourth-order valence-corrected chi connectivity index (χ4v) is 1.38. The first kappa shape index (κ1) is 15.4. The summed E-state index contributed by atoms with van der Waals surface area (Å²) < 4.78 is 5.37. The van der Waals surface area contributed by atoms with Crippen LogP contribution < -0.4 is 11.1 Å². The molecule has 0 fully saturated rings. The van der Waals surface area contributed by atoms with E-state index in [4.69, 9.17) is 10.5 Å². The van der Waals surface area contributed by atoms with Gasteiger partial charge in [0.15, 0.2) is 0 Å². The van der Waals surface area contributed by atoms with Crippen molar-refractivity contribution in [3.8, 4) is 0 Å². The summed E-state index contributed by atoms with van der Waals surface area (Å²) in [7, 11) is 3.98. The Hall–Kier alpha value is -1.66. The molecule has 0 aliphatic rings. The molecule has 106 valence electrons. The minimum absolute atomic E-state index is 0.0616. The molecule has 19 heavy (non-hydrogen) atoms. The Morgan fingerprint density at radius 1 is 1.42 bits per heavy atom. The normalized spacial score (nSPS) is 10.7. The number of nitrogen functional groups attached to an aromatic ring is 1. The van der Waals surface area contributed by atoms with Gasteiger partial charge in [0.25, 0.3) is 0 Å². The maximum atomic E-state index is 11.6. The molecule has 0 saturated carbocycles. The second kappa shape index (κ2) is 8.44. The number of aromatic nitrogens is 1. The molecule has 6 heteroatoms. The largest absolute Gasteiger partial charge is 0.397 e. The summed E-state index contributed by atoms with van der Waals surface area (Å²) in [6.07, 6.45) is 1.81. The number of carbonyl (C=O) groups is 1. The minimum atomic E-state index is -0.0616. The fraction of sp³-hybridized carbons (Fsp3) is 0.538. The molecule has 1 rings (SSSR count). The Kier molecular flexibility index (Phi) is 6.84. The molecule has 6 nitrogen and oxygen atoms in total. The number of nitrogens with zero attached hydrogens (tertiary/aromatic N) is 2. The Morgan fingerprint density at radius 2 is 2.21 bits per heavy atom. The van der Waals surface area contributed by atoms with E-state index in [2.05, 4.69) is 10.3 Å². The molecule has 0 aromatic carbocycles. The number of hydrogen-bond acceptors (Lipinski definition) is 5. The van der Waals surface area contributed by atoms with Crippen LogP contribution in [-0.2, 0) is 16.0 Å². The van der Waals surface area contributed by atoms with Crippen molar-refractivity contribution < 1.29 is 9.53 Å². The van der Waals surface area contributed by atoms with Crippen molar-refractivity contribution in [2.75, 3.05) is 46.1 Å². The first-order chi connectivity index (χ1) is 9.08. The summed E-state index contributed by atoms with van der Waals surface area (Å²) >= 11 is 0. The summed E-state index contributed by atoms with van der Waals surface area (Å²) in [5.74, 6) is -0.0616.